The number of rotatable bonds is 5. The highest BCUT2D eigenvalue weighted by atomic mass is 16.5. The van der Waals surface area contributed by atoms with Crippen LogP contribution in [0.15, 0.2) is 18.2 Å². The minimum atomic E-state index is -0.288. The molecule has 4 rings (SSSR count). The van der Waals surface area contributed by atoms with Gasteiger partial charge in [0.05, 0.1) is 24.1 Å². The molecule has 33 heavy (non-hydrogen) atoms. The summed E-state index contributed by atoms with van der Waals surface area (Å²) in [6.07, 6.45) is 5.98. The quantitative estimate of drug-likeness (QED) is 0.734. The van der Waals surface area contributed by atoms with E-state index in [9.17, 15) is 14.4 Å². The molecule has 0 bridgehead atoms. The molecule has 0 aliphatic carbocycles. The number of nitrogens with zero attached hydrogens (tertiary/aromatic N) is 2. The Morgan fingerprint density at radius 1 is 1.15 bits per heavy atom. The summed E-state index contributed by atoms with van der Waals surface area (Å²) in [5.74, 6) is 0.417. The van der Waals surface area contributed by atoms with Crippen LogP contribution in [-0.4, -0.2) is 72.5 Å². The molecule has 3 aliphatic heterocycles. The van der Waals surface area contributed by atoms with Gasteiger partial charge in [0.15, 0.2) is 0 Å². The predicted octanol–water partition coefficient (Wildman–Crippen LogP) is 3.21. The molecule has 2 fully saturated rings. The van der Waals surface area contributed by atoms with E-state index in [-0.39, 0.29) is 36.0 Å². The van der Waals surface area contributed by atoms with Crippen molar-refractivity contribution < 1.29 is 23.9 Å². The van der Waals surface area contributed by atoms with Crippen molar-refractivity contribution in [3.05, 3.63) is 23.8 Å². The van der Waals surface area contributed by atoms with E-state index < -0.39 is 0 Å². The normalized spacial score (nSPS) is 25.3. The average molecular weight is 458 g/mol. The van der Waals surface area contributed by atoms with Gasteiger partial charge in [0, 0.05) is 32.2 Å². The maximum atomic E-state index is 13.3. The van der Waals surface area contributed by atoms with Gasteiger partial charge in [-0.3, -0.25) is 14.4 Å². The van der Waals surface area contributed by atoms with Crippen LogP contribution in [0, 0.1) is 0 Å². The summed E-state index contributed by atoms with van der Waals surface area (Å²) in [7, 11) is 1.79. The lowest BCUT2D eigenvalue weighted by Crippen LogP contribution is -2.54. The van der Waals surface area contributed by atoms with Gasteiger partial charge in [0.1, 0.15) is 18.5 Å². The molecule has 180 valence electrons. The lowest BCUT2D eigenvalue weighted by molar-refractivity contribution is -0.143. The van der Waals surface area contributed by atoms with Crippen molar-refractivity contribution in [1.82, 2.24) is 9.80 Å². The fourth-order valence-corrected chi connectivity index (χ4v) is 5.02. The van der Waals surface area contributed by atoms with Gasteiger partial charge in [-0.25, -0.2) is 0 Å². The summed E-state index contributed by atoms with van der Waals surface area (Å²) in [5.41, 5.74) is 1.03. The zero-order valence-electron chi connectivity index (χ0n) is 19.7. The van der Waals surface area contributed by atoms with Crippen LogP contribution in [0.2, 0.25) is 0 Å². The molecular weight excluding hydrogens is 422 g/mol. The second-order valence-corrected chi connectivity index (χ2v) is 9.32. The fraction of sp³-hybridized carbons (Fsp3) is 0.640. The number of ether oxygens (including phenoxy) is 2. The van der Waals surface area contributed by atoms with Gasteiger partial charge in [-0.1, -0.05) is 6.92 Å². The number of hydrogen-bond acceptors (Lipinski definition) is 5. The van der Waals surface area contributed by atoms with E-state index in [0.717, 1.165) is 45.2 Å². The number of nitrogens with one attached hydrogen (secondary N) is 1. The monoisotopic (exact) mass is 457 g/mol. The van der Waals surface area contributed by atoms with E-state index in [0.29, 0.717) is 36.4 Å². The third-order valence-corrected chi connectivity index (χ3v) is 6.88. The van der Waals surface area contributed by atoms with Crippen molar-refractivity contribution in [2.45, 2.75) is 76.5 Å². The maximum Gasteiger partial charge on any atom is 0.257 e. The van der Waals surface area contributed by atoms with Crippen LogP contribution in [0.25, 0.3) is 0 Å². The van der Waals surface area contributed by atoms with E-state index in [2.05, 4.69) is 5.32 Å². The first kappa shape index (κ1) is 23.5. The Hall–Kier alpha value is -2.61. The minimum absolute atomic E-state index is 0.0732. The molecule has 2 saturated heterocycles. The molecule has 0 saturated carbocycles. The minimum Gasteiger partial charge on any atom is -0.490 e. The van der Waals surface area contributed by atoms with E-state index in [4.69, 9.17) is 9.47 Å². The molecule has 0 unspecified atom stereocenters. The van der Waals surface area contributed by atoms with Crippen LogP contribution >= 0.6 is 0 Å². The average Bonchev–Trinajstić information content (AvgIpc) is 2.82. The van der Waals surface area contributed by atoms with Crippen LogP contribution in [0.3, 0.4) is 0 Å². The number of carbonyl (C=O) groups is 3. The number of amides is 3. The van der Waals surface area contributed by atoms with Crippen molar-refractivity contribution in [3.8, 4) is 5.75 Å². The smallest absolute Gasteiger partial charge is 0.257 e. The number of hydrogen-bond donors (Lipinski definition) is 1. The van der Waals surface area contributed by atoms with Crippen molar-refractivity contribution >= 4 is 23.4 Å². The third kappa shape index (κ3) is 5.49. The highest BCUT2D eigenvalue weighted by Crippen LogP contribution is 2.32. The molecule has 3 aliphatic rings. The zero-order chi connectivity index (χ0) is 23.4. The molecular formula is C25H35N3O5. The maximum absolute atomic E-state index is 13.3. The Balaban J connectivity index is 1.43. The van der Waals surface area contributed by atoms with Crippen LogP contribution in [-0.2, 0) is 14.3 Å². The number of fused-ring (bicyclic) bond motifs is 2. The first-order valence-electron chi connectivity index (χ1n) is 12.2. The number of carbonyl (C=O) groups excluding carboxylic acids is 3. The van der Waals surface area contributed by atoms with E-state index in [1.165, 1.54) is 6.42 Å². The van der Waals surface area contributed by atoms with Crippen molar-refractivity contribution in [1.29, 1.82) is 0 Å². The third-order valence-electron chi connectivity index (χ3n) is 6.88. The zero-order valence-corrected chi connectivity index (χ0v) is 19.7. The Kier molecular flexibility index (Phi) is 7.53. The molecule has 0 radical (unpaired) electrons. The molecule has 3 amide bonds. The summed E-state index contributed by atoms with van der Waals surface area (Å²) in [4.78, 5) is 41.6. The summed E-state index contributed by atoms with van der Waals surface area (Å²) in [6, 6.07) is 5.04. The van der Waals surface area contributed by atoms with E-state index >= 15 is 0 Å². The van der Waals surface area contributed by atoms with E-state index in [1.54, 1.807) is 30.1 Å². The molecule has 0 aromatic heterocycles. The Bertz CT molecular complexity index is 883. The van der Waals surface area contributed by atoms with Crippen molar-refractivity contribution in [2.24, 2.45) is 0 Å². The fourth-order valence-electron chi connectivity index (χ4n) is 5.02. The molecule has 8 nitrogen and oxygen atoms in total. The number of anilines is 1. The molecule has 3 atom stereocenters. The van der Waals surface area contributed by atoms with Gasteiger partial charge < -0.3 is 24.6 Å². The molecule has 1 aromatic rings. The topological polar surface area (TPSA) is 88.2 Å². The Labute approximate surface area is 195 Å². The van der Waals surface area contributed by atoms with Crippen LogP contribution < -0.4 is 10.1 Å². The molecule has 1 N–H and O–H groups in total. The SMILES string of the molecule is CCCC(=O)Nc1ccc2c(c1)C(=O)N(C)[C@@H]1CC[C@H](CC(=O)N3CCCCC3)O[C@H]1CO2. The Morgan fingerprint density at radius 2 is 1.94 bits per heavy atom. The summed E-state index contributed by atoms with van der Waals surface area (Å²) in [5, 5.41) is 2.85. The van der Waals surface area contributed by atoms with Gasteiger partial charge in [0.2, 0.25) is 11.8 Å². The van der Waals surface area contributed by atoms with Crippen LogP contribution in [0.4, 0.5) is 5.69 Å². The van der Waals surface area contributed by atoms with Crippen LogP contribution in [0.5, 0.6) is 5.75 Å². The van der Waals surface area contributed by atoms with Crippen LogP contribution in [0.1, 0.15) is 68.6 Å². The lowest BCUT2D eigenvalue weighted by Gasteiger charge is -2.42. The first-order valence-corrected chi connectivity index (χ1v) is 12.2. The Morgan fingerprint density at radius 3 is 2.70 bits per heavy atom. The lowest BCUT2D eigenvalue weighted by atomic mass is 9.94. The highest BCUT2D eigenvalue weighted by Gasteiger charge is 2.39. The van der Waals surface area contributed by atoms with E-state index in [1.807, 2.05) is 11.8 Å². The van der Waals surface area contributed by atoms with Gasteiger partial charge in [-0.15, -0.1) is 0 Å². The molecule has 3 heterocycles. The first-order chi connectivity index (χ1) is 16.0. The summed E-state index contributed by atoms with van der Waals surface area (Å²) >= 11 is 0. The second-order valence-electron chi connectivity index (χ2n) is 9.32. The molecule has 0 spiro atoms. The van der Waals surface area contributed by atoms with Crippen molar-refractivity contribution in [2.75, 3.05) is 32.1 Å². The second kappa shape index (κ2) is 10.5. The summed E-state index contributed by atoms with van der Waals surface area (Å²) < 4.78 is 12.3. The van der Waals surface area contributed by atoms with Gasteiger partial charge >= 0.3 is 0 Å². The molecule has 1 aromatic carbocycles. The van der Waals surface area contributed by atoms with Crippen molar-refractivity contribution in [3.63, 3.8) is 0 Å². The number of likely N-dealkylation sites (N-methyl/N-ethyl adjacent to an activating group) is 1. The van der Waals surface area contributed by atoms with Gasteiger partial charge in [0.25, 0.3) is 5.91 Å². The van der Waals surface area contributed by atoms with Gasteiger partial charge in [-0.05, 0) is 56.7 Å². The van der Waals surface area contributed by atoms with Gasteiger partial charge in [-0.2, -0.15) is 0 Å². The number of piperidine rings is 1. The largest absolute Gasteiger partial charge is 0.490 e. The number of likely N-dealkylation sites (tertiary alicyclic amines) is 1. The predicted molar refractivity (Wildman–Crippen MR) is 124 cm³/mol. The summed E-state index contributed by atoms with van der Waals surface area (Å²) in [6.45, 7) is 3.94. The molecule has 8 heteroatoms. The standard InChI is InChI=1S/C25H35N3O5/c1-3-7-23(29)26-17-8-11-21-19(14-17)25(31)27(2)20-10-9-18(33-22(20)16-32-21)15-24(30)28-12-5-4-6-13-28/h8,11,14,18,20,22H,3-7,9-10,12-13,15-16H2,1-2H3,(H,26,29)/t18-,20-,22+/m1/s1. The number of benzene rings is 1. The highest BCUT2D eigenvalue weighted by molar-refractivity contribution is 5.99.